The van der Waals surface area contributed by atoms with Crippen molar-refractivity contribution in [1.82, 2.24) is 9.97 Å². The van der Waals surface area contributed by atoms with E-state index >= 15 is 17.6 Å². The lowest BCUT2D eigenvalue weighted by Crippen LogP contribution is -2.45. The predicted molar refractivity (Wildman–Crippen MR) is 177 cm³/mol. The number of rotatable bonds is 2. The zero-order valence-corrected chi connectivity index (χ0v) is 26.9. The van der Waals surface area contributed by atoms with Crippen molar-refractivity contribution < 1.29 is 63.1 Å². The van der Waals surface area contributed by atoms with E-state index in [0.717, 1.165) is 0 Å². The summed E-state index contributed by atoms with van der Waals surface area (Å²) in [6, 6.07) is 11.3. The number of halogens is 10. The maximum atomic E-state index is 15.5. The number of hydrogen-bond acceptors (Lipinski definition) is 4. The molecule has 8 nitrogen and oxygen atoms in total. The molecule has 10 rings (SSSR count). The number of para-hydroxylation sites is 2. The number of H-pyrrole nitrogens is 2. The van der Waals surface area contributed by atoms with Gasteiger partial charge in [-0.05, 0) is 12.1 Å². The quantitative estimate of drug-likeness (QED) is 0.0791. The normalized spacial score (nSPS) is 14.3. The monoisotopic (exact) mass is 776 g/mol. The van der Waals surface area contributed by atoms with E-state index in [-0.39, 0.29) is 42.4 Å². The molecule has 0 aliphatic carbocycles. The summed E-state index contributed by atoms with van der Waals surface area (Å²) in [5.41, 5.74) is -7.38. The van der Waals surface area contributed by atoms with Gasteiger partial charge in [-0.1, -0.05) is 36.4 Å². The van der Waals surface area contributed by atoms with Crippen LogP contribution in [0.1, 0.15) is 41.4 Å². The minimum Gasteiger partial charge on any atom is -0.354 e. The molecule has 276 valence electrons. The summed E-state index contributed by atoms with van der Waals surface area (Å²) in [5.74, 6) is -32.1. The lowest BCUT2D eigenvalue weighted by molar-refractivity contribution is 0.0872. The van der Waals surface area contributed by atoms with Crippen LogP contribution < -0.4 is 9.80 Å². The van der Waals surface area contributed by atoms with E-state index < -0.39 is 137 Å². The van der Waals surface area contributed by atoms with Crippen LogP contribution in [0.25, 0.3) is 54.4 Å². The van der Waals surface area contributed by atoms with Crippen molar-refractivity contribution in [2.24, 2.45) is 0 Å². The topological polar surface area (TPSA) is 106 Å². The highest BCUT2D eigenvalue weighted by Crippen LogP contribution is 2.51. The van der Waals surface area contributed by atoms with E-state index in [1.54, 1.807) is 0 Å². The third-order valence-electron chi connectivity index (χ3n) is 10.2. The van der Waals surface area contributed by atoms with Gasteiger partial charge in [-0.25, -0.2) is 53.7 Å². The summed E-state index contributed by atoms with van der Waals surface area (Å²) in [4.78, 5) is 63.7. The number of aromatic nitrogens is 2. The molecule has 2 aliphatic heterocycles. The Morgan fingerprint density at radius 2 is 0.643 bits per heavy atom. The number of benzene rings is 6. The Balaban J connectivity index is 1.46. The minimum atomic E-state index is -2.59. The van der Waals surface area contributed by atoms with E-state index in [4.69, 9.17) is 0 Å². The molecule has 8 aromatic rings. The van der Waals surface area contributed by atoms with E-state index in [0.29, 0.717) is 0 Å². The number of carbonyl (C=O) groups is 4. The molecule has 56 heavy (non-hydrogen) atoms. The van der Waals surface area contributed by atoms with E-state index in [9.17, 15) is 45.5 Å². The third-order valence-corrected chi connectivity index (χ3v) is 10.2. The lowest BCUT2D eigenvalue weighted by Gasteiger charge is -2.33. The Bertz CT molecular complexity index is 3040. The number of aromatic amines is 2. The molecule has 0 saturated heterocycles. The van der Waals surface area contributed by atoms with Crippen LogP contribution in [-0.2, 0) is 0 Å². The summed E-state index contributed by atoms with van der Waals surface area (Å²) in [6.07, 6.45) is 0. The van der Waals surface area contributed by atoms with Gasteiger partial charge in [0.25, 0.3) is 23.6 Å². The van der Waals surface area contributed by atoms with Gasteiger partial charge in [-0.15, -0.1) is 0 Å². The highest BCUT2D eigenvalue weighted by Gasteiger charge is 2.49. The van der Waals surface area contributed by atoms with Gasteiger partial charge in [0.05, 0.1) is 33.3 Å². The summed E-state index contributed by atoms with van der Waals surface area (Å²) in [6.45, 7) is 0. The van der Waals surface area contributed by atoms with Crippen molar-refractivity contribution in [3.63, 3.8) is 0 Å². The summed E-state index contributed by atoms with van der Waals surface area (Å²) in [5, 5.41) is -1.77. The number of nitrogens with zero attached hydrogens (tertiary/aromatic N) is 2. The van der Waals surface area contributed by atoms with Crippen LogP contribution >= 0.6 is 0 Å². The minimum absolute atomic E-state index is 0.0347. The molecule has 0 radical (unpaired) electrons. The first-order valence-electron chi connectivity index (χ1n) is 16.0. The van der Waals surface area contributed by atoms with E-state index in [1.165, 1.54) is 48.5 Å². The maximum Gasteiger partial charge on any atom is 0.268 e. The first-order valence-corrected chi connectivity index (χ1v) is 16.0. The van der Waals surface area contributed by atoms with Gasteiger partial charge in [0, 0.05) is 43.4 Å². The number of fused-ring (bicyclic) bond motifs is 10. The van der Waals surface area contributed by atoms with Crippen LogP contribution in [0.4, 0.5) is 55.3 Å². The Morgan fingerprint density at radius 1 is 0.357 bits per heavy atom. The second kappa shape index (κ2) is 10.7. The standard InChI is InChI=1S/C38H10F10N4O4/c39-21-23(41)27(45)33(28(46)24(21)42)51-35(53)17-13-9-5-1-3-7-11(9)49-31(13)19-16-15(17)20(38(51)56)32-14(10-6-2-4-8-12(10)50-32)18(16)36(54)52(37(19)55)34-29(47)25(43)22(40)26(44)30(34)48/h1-8,49-50H. The average Bonchev–Trinajstić information content (AvgIpc) is 3.77. The first kappa shape index (κ1) is 33.3. The summed E-state index contributed by atoms with van der Waals surface area (Å²) < 4.78 is 149. The van der Waals surface area contributed by atoms with Crippen LogP contribution in [0.3, 0.4) is 0 Å². The molecule has 4 amide bonds. The van der Waals surface area contributed by atoms with Crippen LogP contribution in [0, 0.1) is 58.2 Å². The number of hydrogen-bond donors (Lipinski definition) is 2. The molecule has 6 aromatic carbocycles. The highest BCUT2D eigenvalue weighted by atomic mass is 19.2. The molecule has 4 heterocycles. The SMILES string of the molecule is O=C1c2c3[nH]c4ccccc4c3c3c4c(c5[nH]c6ccccc6c5c(c24)C(=O)N1c1c(F)c(F)c(F)c(F)c1F)C(=O)N(c1c(F)c(F)c(F)c(F)c1F)C3=O. The molecule has 0 bridgehead atoms. The molecule has 0 fully saturated rings. The van der Waals surface area contributed by atoms with Gasteiger partial charge in [0.1, 0.15) is 11.4 Å². The van der Waals surface area contributed by atoms with Crippen molar-refractivity contribution in [3.8, 4) is 0 Å². The largest absolute Gasteiger partial charge is 0.354 e. The van der Waals surface area contributed by atoms with Crippen LogP contribution in [-0.4, -0.2) is 33.6 Å². The van der Waals surface area contributed by atoms with Crippen molar-refractivity contribution in [3.05, 3.63) is 129 Å². The fraction of sp³-hybridized carbons (Fsp3) is 0. The number of anilines is 2. The third kappa shape index (κ3) is 3.70. The van der Waals surface area contributed by atoms with E-state index in [1.807, 2.05) is 0 Å². The summed E-state index contributed by atoms with van der Waals surface area (Å²) >= 11 is 0. The Morgan fingerprint density at radius 3 is 0.982 bits per heavy atom. The lowest BCUT2D eigenvalue weighted by atomic mass is 9.81. The second-order valence-electron chi connectivity index (χ2n) is 12.8. The van der Waals surface area contributed by atoms with Crippen molar-refractivity contribution in [2.75, 3.05) is 9.80 Å². The molecule has 2 aromatic heterocycles. The van der Waals surface area contributed by atoms with Crippen LogP contribution in [0.5, 0.6) is 0 Å². The first-order chi connectivity index (χ1) is 26.7. The number of nitrogens with one attached hydrogen (secondary N) is 2. The zero-order valence-electron chi connectivity index (χ0n) is 26.9. The zero-order chi connectivity index (χ0) is 39.5. The Labute approximate surface area is 301 Å². The molecule has 0 atom stereocenters. The molecular formula is C38H10F10N4O4. The van der Waals surface area contributed by atoms with Crippen molar-refractivity contribution in [1.29, 1.82) is 0 Å². The summed E-state index contributed by atoms with van der Waals surface area (Å²) in [7, 11) is 0. The second-order valence-corrected chi connectivity index (χ2v) is 12.8. The van der Waals surface area contributed by atoms with Crippen molar-refractivity contribution in [2.45, 2.75) is 0 Å². The fourth-order valence-corrected chi connectivity index (χ4v) is 7.90. The molecular weight excluding hydrogens is 766 g/mol. The number of imide groups is 2. The van der Waals surface area contributed by atoms with Crippen molar-refractivity contribution >= 4 is 89.4 Å². The predicted octanol–water partition coefficient (Wildman–Crippen LogP) is 9.10. The molecule has 18 heteroatoms. The van der Waals surface area contributed by atoms with Gasteiger partial charge >= 0.3 is 0 Å². The smallest absolute Gasteiger partial charge is 0.268 e. The van der Waals surface area contributed by atoms with Gasteiger partial charge in [-0.2, -0.15) is 0 Å². The number of amides is 4. The maximum absolute atomic E-state index is 15.5. The van der Waals surface area contributed by atoms with Gasteiger partial charge in [-0.3, -0.25) is 19.2 Å². The molecule has 0 spiro atoms. The fourth-order valence-electron chi connectivity index (χ4n) is 7.90. The molecule has 0 saturated carbocycles. The molecule has 2 N–H and O–H groups in total. The number of carbonyl (C=O) groups excluding carboxylic acids is 4. The molecule has 0 unspecified atom stereocenters. The van der Waals surface area contributed by atoms with Gasteiger partial charge in [0.15, 0.2) is 46.5 Å². The average molecular weight is 777 g/mol. The van der Waals surface area contributed by atoms with E-state index in [2.05, 4.69) is 9.97 Å². The van der Waals surface area contributed by atoms with Gasteiger partial charge in [0.2, 0.25) is 11.6 Å². The van der Waals surface area contributed by atoms with Crippen LogP contribution in [0.2, 0.25) is 0 Å². The van der Waals surface area contributed by atoms with Gasteiger partial charge < -0.3 is 9.97 Å². The Kier molecular flexibility index (Phi) is 6.37. The molecule has 2 aliphatic rings. The highest BCUT2D eigenvalue weighted by molar-refractivity contribution is 6.51. The Hall–Kier alpha value is -7.24. The van der Waals surface area contributed by atoms with Crippen LogP contribution in [0.15, 0.2) is 48.5 Å².